The number of methoxy groups -OCH3 is 1. The first-order valence-electron chi connectivity index (χ1n) is 4.87. The van der Waals surface area contributed by atoms with Crippen molar-refractivity contribution < 1.29 is 14.6 Å². The summed E-state index contributed by atoms with van der Waals surface area (Å²) in [4.78, 5) is 15.2. The number of pyridine rings is 1. The molecule has 1 fully saturated rings. The van der Waals surface area contributed by atoms with Gasteiger partial charge in [0, 0.05) is 17.8 Å². The molecule has 1 atom stereocenters. The van der Waals surface area contributed by atoms with Gasteiger partial charge in [-0.15, -0.1) is 0 Å². The van der Waals surface area contributed by atoms with E-state index in [1.807, 2.05) is 12.1 Å². The maximum absolute atomic E-state index is 11.3. The summed E-state index contributed by atoms with van der Waals surface area (Å²) in [5.41, 5.74) is 0.520. The van der Waals surface area contributed by atoms with Gasteiger partial charge in [0.25, 0.3) is 0 Å². The number of hydrogen-bond acceptors (Lipinski definition) is 4. The Kier molecular flexibility index (Phi) is 2.44. The molecule has 1 heterocycles. The van der Waals surface area contributed by atoms with Crippen LogP contribution >= 0.6 is 0 Å². The minimum Gasteiger partial charge on any atom is -0.467 e. The van der Waals surface area contributed by atoms with E-state index >= 15 is 0 Å². The van der Waals surface area contributed by atoms with E-state index in [1.54, 1.807) is 12.4 Å². The number of hydrogen-bond donors (Lipinski definition) is 1. The molecule has 4 heteroatoms. The van der Waals surface area contributed by atoms with Crippen molar-refractivity contribution in [1.29, 1.82) is 0 Å². The lowest BCUT2D eigenvalue weighted by Gasteiger charge is -2.20. The van der Waals surface area contributed by atoms with Crippen LogP contribution in [-0.4, -0.2) is 29.3 Å². The first kappa shape index (κ1) is 10.1. The van der Waals surface area contributed by atoms with Crippen LogP contribution < -0.4 is 0 Å². The first-order valence-corrected chi connectivity index (χ1v) is 4.87. The predicted octanol–water partition coefficient (Wildman–Crippen LogP) is 0.647. The van der Waals surface area contributed by atoms with Crippen LogP contribution in [0.5, 0.6) is 0 Å². The molecule has 1 saturated carbocycles. The maximum Gasteiger partial charge on any atom is 0.335 e. The topological polar surface area (TPSA) is 59.4 Å². The van der Waals surface area contributed by atoms with Gasteiger partial charge in [-0.05, 0) is 30.5 Å². The molecule has 1 aliphatic rings. The van der Waals surface area contributed by atoms with Crippen molar-refractivity contribution in [2.45, 2.75) is 24.4 Å². The van der Waals surface area contributed by atoms with Crippen LogP contribution in [0.15, 0.2) is 24.5 Å². The summed E-state index contributed by atoms with van der Waals surface area (Å²) < 4.78 is 4.56. The molecule has 0 bridgehead atoms. The van der Waals surface area contributed by atoms with Gasteiger partial charge >= 0.3 is 5.97 Å². The van der Waals surface area contributed by atoms with Crippen LogP contribution in [0.3, 0.4) is 0 Å². The van der Waals surface area contributed by atoms with E-state index in [2.05, 4.69) is 9.72 Å². The second-order valence-corrected chi connectivity index (χ2v) is 3.82. The summed E-state index contributed by atoms with van der Waals surface area (Å²) in [7, 11) is 1.29. The molecule has 1 aromatic rings. The number of nitrogens with zero attached hydrogens (tertiary/aromatic N) is 1. The molecular formula is C11H13NO3. The van der Waals surface area contributed by atoms with E-state index in [0.717, 1.165) is 18.4 Å². The summed E-state index contributed by atoms with van der Waals surface area (Å²) in [6, 6.07) is 3.66. The van der Waals surface area contributed by atoms with E-state index in [-0.39, 0.29) is 0 Å². The molecule has 0 aliphatic heterocycles. The predicted molar refractivity (Wildman–Crippen MR) is 53.2 cm³/mol. The summed E-state index contributed by atoms with van der Waals surface area (Å²) in [6.07, 6.45) is 3.89. The van der Waals surface area contributed by atoms with E-state index in [0.29, 0.717) is 0 Å². The molecular weight excluding hydrogens is 194 g/mol. The van der Waals surface area contributed by atoms with Crippen LogP contribution in [0.4, 0.5) is 0 Å². The molecule has 4 nitrogen and oxygen atoms in total. The fourth-order valence-corrected chi connectivity index (χ4v) is 1.88. The molecule has 1 aliphatic carbocycles. The van der Waals surface area contributed by atoms with Gasteiger partial charge in [-0.3, -0.25) is 4.98 Å². The highest BCUT2D eigenvalue weighted by Gasteiger charge is 2.53. The van der Waals surface area contributed by atoms with Crippen LogP contribution in [0, 0.1) is 0 Å². The Morgan fingerprint density at radius 1 is 1.53 bits per heavy atom. The van der Waals surface area contributed by atoms with Crippen molar-refractivity contribution in [3.8, 4) is 0 Å². The van der Waals surface area contributed by atoms with E-state index in [4.69, 9.17) is 0 Å². The number of carbonyl (C=O) groups excluding carboxylic acids is 1. The Hall–Kier alpha value is -1.42. The first-order chi connectivity index (χ1) is 7.20. The van der Waals surface area contributed by atoms with Crippen LogP contribution in [-0.2, 0) is 14.9 Å². The molecule has 2 rings (SSSR count). The highest BCUT2D eigenvalue weighted by atomic mass is 16.5. The number of rotatable bonds is 3. The van der Waals surface area contributed by atoms with Crippen LogP contribution in [0.25, 0.3) is 0 Å². The Bertz CT molecular complexity index is 359. The third-order valence-electron chi connectivity index (χ3n) is 2.99. The lowest BCUT2D eigenvalue weighted by atomic mass is 9.91. The van der Waals surface area contributed by atoms with E-state index in [1.165, 1.54) is 7.11 Å². The standard InChI is InChI=1S/C11H13NO3/c1-15-10(14)9(13)11(4-5-11)8-2-6-12-7-3-8/h2-3,6-7,9,13H,4-5H2,1H3. The average Bonchev–Trinajstić information content (AvgIpc) is 3.09. The average molecular weight is 207 g/mol. The minimum absolute atomic E-state index is 0.434. The molecule has 0 radical (unpaired) electrons. The van der Waals surface area contributed by atoms with Crippen molar-refractivity contribution in [2.75, 3.05) is 7.11 Å². The SMILES string of the molecule is COC(=O)C(O)C1(c2ccncc2)CC1. The summed E-state index contributed by atoms with van der Waals surface area (Å²) in [5, 5.41) is 9.87. The highest BCUT2D eigenvalue weighted by molar-refractivity contribution is 5.77. The van der Waals surface area contributed by atoms with Gasteiger partial charge in [0.2, 0.25) is 0 Å². The summed E-state index contributed by atoms with van der Waals surface area (Å²) in [6.45, 7) is 0. The monoisotopic (exact) mass is 207 g/mol. The van der Waals surface area contributed by atoms with E-state index in [9.17, 15) is 9.90 Å². The minimum atomic E-state index is -1.06. The molecule has 0 aromatic carbocycles. The van der Waals surface area contributed by atoms with Crippen molar-refractivity contribution in [2.24, 2.45) is 0 Å². The second kappa shape index (κ2) is 3.62. The normalized spacial score (nSPS) is 19.3. The van der Waals surface area contributed by atoms with Gasteiger partial charge in [0.05, 0.1) is 7.11 Å². The van der Waals surface area contributed by atoms with Gasteiger partial charge in [-0.2, -0.15) is 0 Å². The quantitative estimate of drug-likeness (QED) is 0.739. The second-order valence-electron chi connectivity index (χ2n) is 3.82. The van der Waals surface area contributed by atoms with Crippen molar-refractivity contribution >= 4 is 5.97 Å². The molecule has 1 N–H and O–H groups in total. The number of aliphatic hydroxyl groups is 1. The fourth-order valence-electron chi connectivity index (χ4n) is 1.88. The molecule has 15 heavy (non-hydrogen) atoms. The van der Waals surface area contributed by atoms with Crippen molar-refractivity contribution in [1.82, 2.24) is 4.98 Å². The van der Waals surface area contributed by atoms with Crippen LogP contribution in [0.2, 0.25) is 0 Å². The van der Waals surface area contributed by atoms with Crippen LogP contribution in [0.1, 0.15) is 18.4 Å². The smallest absolute Gasteiger partial charge is 0.335 e. The third-order valence-corrected chi connectivity index (χ3v) is 2.99. The Morgan fingerprint density at radius 3 is 2.60 bits per heavy atom. The fraction of sp³-hybridized carbons (Fsp3) is 0.455. The zero-order valence-corrected chi connectivity index (χ0v) is 8.51. The number of ether oxygens (including phenoxy) is 1. The Balaban J connectivity index is 2.25. The molecule has 80 valence electrons. The number of esters is 1. The van der Waals surface area contributed by atoms with Gasteiger partial charge < -0.3 is 9.84 Å². The molecule has 1 aromatic heterocycles. The van der Waals surface area contributed by atoms with Crippen molar-refractivity contribution in [3.05, 3.63) is 30.1 Å². The third kappa shape index (κ3) is 1.61. The highest BCUT2D eigenvalue weighted by Crippen LogP contribution is 2.51. The maximum atomic E-state index is 11.3. The van der Waals surface area contributed by atoms with Gasteiger partial charge in [0.1, 0.15) is 0 Å². The van der Waals surface area contributed by atoms with Gasteiger partial charge in [-0.25, -0.2) is 4.79 Å². The zero-order valence-electron chi connectivity index (χ0n) is 8.51. The Labute approximate surface area is 87.9 Å². The number of aliphatic hydroxyl groups excluding tert-OH is 1. The van der Waals surface area contributed by atoms with Crippen molar-refractivity contribution in [3.63, 3.8) is 0 Å². The summed E-state index contributed by atoms with van der Waals surface area (Å²) >= 11 is 0. The molecule has 1 unspecified atom stereocenters. The zero-order chi connectivity index (χ0) is 10.9. The number of aromatic nitrogens is 1. The van der Waals surface area contributed by atoms with Gasteiger partial charge in [0.15, 0.2) is 6.10 Å². The largest absolute Gasteiger partial charge is 0.467 e. The molecule has 0 amide bonds. The van der Waals surface area contributed by atoms with E-state index < -0.39 is 17.5 Å². The lowest BCUT2D eigenvalue weighted by molar-refractivity contribution is -0.152. The molecule has 0 spiro atoms. The van der Waals surface area contributed by atoms with Gasteiger partial charge in [-0.1, -0.05) is 0 Å². The number of carbonyl (C=O) groups is 1. The Morgan fingerprint density at radius 2 is 2.13 bits per heavy atom. The molecule has 0 saturated heterocycles. The lowest BCUT2D eigenvalue weighted by Crippen LogP contribution is -2.34. The summed E-state index contributed by atoms with van der Waals surface area (Å²) in [5.74, 6) is -0.565.